The van der Waals surface area contributed by atoms with Crippen LogP contribution < -0.4 is 0 Å². The van der Waals surface area contributed by atoms with Crippen LogP contribution in [0, 0.1) is 0 Å². The van der Waals surface area contributed by atoms with Gasteiger partial charge in [-0.1, -0.05) is 0 Å². The number of hydrogen-bond donors (Lipinski definition) is 0. The number of hydrogen-bond acceptors (Lipinski definition) is 2. The molecule has 68 valence electrons. The molecule has 1 aliphatic carbocycles. The van der Waals surface area contributed by atoms with E-state index in [9.17, 15) is 4.79 Å². The maximum atomic E-state index is 11.5. The second-order valence-corrected chi connectivity index (χ2v) is 9.25. The minimum absolute atomic E-state index is 0.0585. The van der Waals surface area contributed by atoms with E-state index in [0.717, 1.165) is 0 Å². The zero-order chi connectivity index (χ0) is 9.10. The number of allylic oxidation sites excluding steroid dienone is 2. The quantitative estimate of drug-likeness (QED) is 0.553. The third-order valence-corrected chi connectivity index (χ3v) is 8.31. The molecule has 2 aliphatic rings. The number of carbonyl (C=O) groups excluding carboxylic acids is 1. The Hall–Kier alpha value is -0.271. The average Bonchev–Trinajstić information content (AvgIpc) is 2.74. The molecule has 0 aromatic heterocycles. The van der Waals surface area contributed by atoms with E-state index in [0.29, 0.717) is 26.3 Å². The zero-order valence-electron chi connectivity index (χ0n) is 6.75. The average molecular weight is 306 g/mol. The standard InChI is InChI=1S/C9H8O2Se2/c10-9(8-5-6-12-13-8)11-7-3-1-2-4-7/h1-8H. The number of rotatable bonds is 2. The molecule has 1 unspecified atom stereocenters. The van der Waals surface area contributed by atoms with Gasteiger partial charge in [0.15, 0.2) is 0 Å². The summed E-state index contributed by atoms with van der Waals surface area (Å²) in [5, 5.41) is 0. The molecule has 2 nitrogen and oxygen atoms in total. The number of ether oxygens (including phenoxy) is 1. The summed E-state index contributed by atoms with van der Waals surface area (Å²) in [7, 11) is 0. The van der Waals surface area contributed by atoms with Crippen LogP contribution in [-0.4, -0.2) is 38.3 Å². The van der Waals surface area contributed by atoms with Crippen molar-refractivity contribution >= 4 is 32.2 Å². The first-order valence-electron chi connectivity index (χ1n) is 3.90. The van der Waals surface area contributed by atoms with E-state index in [1.54, 1.807) is 0 Å². The molecule has 0 radical (unpaired) electrons. The molecule has 0 saturated heterocycles. The summed E-state index contributed by atoms with van der Waals surface area (Å²) in [6, 6.07) is 0. The summed E-state index contributed by atoms with van der Waals surface area (Å²) < 4.78 is 5.26. The first-order chi connectivity index (χ1) is 6.36. The Labute approximate surface area is 88.0 Å². The SMILES string of the molecule is O=C(OC1C=CC=C1)C1C=C[Se][Se]1. The van der Waals surface area contributed by atoms with Crippen LogP contribution in [0.15, 0.2) is 35.4 Å². The number of carbonyl (C=O) groups is 1. The van der Waals surface area contributed by atoms with Crippen LogP contribution in [0.25, 0.3) is 0 Å². The molecular weight excluding hydrogens is 298 g/mol. The second-order valence-electron chi connectivity index (χ2n) is 2.61. The fraction of sp³-hybridized carbons (Fsp3) is 0.222. The van der Waals surface area contributed by atoms with Crippen LogP contribution in [0.5, 0.6) is 0 Å². The van der Waals surface area contributed by atoms with E-state index >= 15 is 0 Å². The van der Waals surface area contributed by atoms with Gasteiger partial charge in [-0.05, 0) is 0 Å². The van der Waals surface area contributed by atoms with Crippen LogP contribution in [0.3, 0.4) is 0 Å². The predicted octanol–water partition coefficient (Wildman–Crippen LogP) is 0.663. The molecule has 2 rings (SSSR count). The Morgan fingerprint density at radius 1 is 1.23 bits per heavy atom. The Bertz CT molecular complexity index is 282. The summed E-state index contributed by atoms with van der Waals surface area (Å²) >= 11 is 1.01. The van der Waals surface area contributed by atoms with E-state index in [-0.39, 0.29) is 16.9 Å². The molecule has 0 aromatic carbocycles. The third kappa shape index (κ3) is 2.35. The van der Waals surface area contributed by atoms with Crippen molar-refractivity contribution < 1.29 is 9.53 Å². The van der Waals surface area contributed by atoms with Crippen LogP contribution in [0.2, 0.25) is 4.82 Å². The monoisotopic (exact) mass is 308 g/mol. The van der Waals surface area contributed by atoms with Crippen molar-refractivity contribution in [2.24, 2.45) is 0 Å². The minimum atomic E-state index is -0.121. The van der Waals surface area contributed by atoms with E-state index < -0.39 is 0 Å². The molecule has 0 fully saturated rings. The fourth-order valence-electron chi connectivity index (χ4n) is 1.04. The van der Waals surface area contributed by atoms with Gasteiger partial charge in [0.1, 0.15) is 0 Å². The zero-order valence-corrected chi connectivity index (χ0v) is 10.2. The third-order valence-electron chi connectivity index (χ3n) is 1.67. The molecule has 1 aliphatic heterocycles. The van der Waals surface area contributed by atoms with E-state index in [4.69, 9.17) is 4.74 Å². The summed E-state index contributed by atoms with van der Waals surface area (Å²) in [4.78, 5) is 13.7. The van der Waals surface area contributed by atoms with Crippen LogP contribution in [-0.2, 0) is 9.53 Å². The van der Waals surface area contributed by atoms with Gasteiger partial charge in [-0.25, -0.2) is 0 Å². The first kappa shape index (κ1) is 9.29. The summed E-state index contributed by atoms with van der Waals surface area (Å²) in [6.45, 7) is 0. The van der Waals surface area contributed by atoms with Crippen molar-refractivity contribution in [3.8, 4) is 0 Å². The first-order valence-corrected chi connectivity index (χ1v) is 10.2. The van der Waals surface area contributed by atoms with Crippen molar-refractivity contribution in [3.63, 3.8) is 0 Å². The summed E-state index contributed by atoms with van der Waals surface area (Å²) in [6.07, 6.45) is 9.44. The van der Waals surface area contributed by atoms with Gasteiger partial charge < -0.3 is 0 Å². The van der Waals surface area contributed by atoms with Gasteiger partial charge in [0, 0.05) is 0 Å². The fourth-order valence-corrected chi connectivity index (χ4v) is 7.23. The van der Waals surface area contributed by atoms with E-state index in [1.165, 1.54) is 0 Å². The molecule has 13 heavy (non-hydrogen) atoms. The molecule has 0 spiro atoms. The molecule has 0 bridgehead atoms. The second kappa shape index (κ2) is 4.30. The van der Waals surface area contributed by atoms with Gasteiger partial charge in [0.05, 0.1) is 0 Å². The summed E-state index contributed by atoms with van der Waals surface area (Å²) in [5.41, 5.74) is 0. The van der Waals surface area contributed by atoms with E-state index in [2.05, 4.69) is 4.97 Å². The van der Waals surface area contributed by atoms with E-state index in [1.807, 2.05) is 30.4 Å². The Kier molecular flexibility index (Phi) is 3.07. The summed E-state index contributed by atoms with van der Waals surface area (Å²) in [5.74, 6) is -0.0585. The molecule has 0 aromatic rings. The van der Waals surface area contributed by atoms with Crippen molar-refractivity contribution in [1.29, 1.82) is 0 Å². The number of esters is 1. The predicted molar refractivity (Wildman–Crippen MR) is 52.6 cm³/mol. The molecule has 0 amide bonds. The van der Waals surface area contributed by atoms with Gasteiger partial charge >= 0.3 is 88.0 Å². The van der Waals surface area contributed by atoms with Crippen LogP contribution >= 0.6 is 0 Å². The van der Waals surface area contributed by atoms with Gasteiger partial charge in [-0.3, -0.25) is 0 Å². The van der Waals surface area contributed by atoms with Gasteiger partial charge in [0.2, 0.25) is 0 Å². The van der Waals surface area contributed by atoms with Crippen LogP contribution in [0.4, 0.5) is 0 Å². The van der Waals surface area contributed by atoms with Crippen molar-refractivity contribution in [1.82, 2.24) is 0 Å². The molecule has 1 atom stereocenters. The van der Waals surface area contributed by atoms with Crippen molar-refractivity contribution in [2.45, 2.75) is 10.9 Å². The Balaban J connectivity index is 1.87. The topological polar surface area (TPSA) is 26.3 Å². The molecular formula is C9H8O2Se2. The normalized spacial score (nSPS) is 25.7. The van der Waals surface area contributed by atoms with Gasteiger partial charge in [-0.2, -0.15) is 0 Å². The molecule has 1 heterocycles. The van der Waals surface area contributed by atoms with Crippen LogP contribution in [0.1, 0.15) is 0 Å². The van der Waals surface area contributed by atoms with Gasteiger partial charge in [-0.15, -0.1) is 0 Å². The Morgan fingerprint density at radius 3 is 2.62 bits per heavy atom. The molecule has 4 heteroatoms. The molecule has 0 N–H and O–H groups in total. The molecule has 0 saturated carbocycles. The van der Waals surface area contributed by atoms with Crippen molar-refractivity contribution in [2.75, 3.05) is 0 Å². The maximum absolute atomic E-state index is 11.5. The van der Waals surface area contributed by atoms with Gasteiger partial charge in [0.25, 0.3) is 0 Å². The Morgan fingerprint density at radius 2 is 2.00 bits per heavy atom. The van der Waals surface area contributed by atoms with Crippen molar-refractivity contribution in [3.05, 3.63) is 35.4 Å².